The van der Waals surface area contributed by atoms with Crippen LogP contribution in [-0.4, -0.2) is 77.3 Å². The maximum absolute atomic E-state index is 14.2. The number of hydrogen-bond donors (Lipinski definition) is 1. The summed E-state index contributed by atoms with van der Waals surface area (Å²) in [4.78, 5) is 48.1. The smallest absolute Gasteiger partial charge is 0.283 e. The molecule has 0 aliphatic carbocycles. The van der Waals surface area contributed by atoms with Crippen LogP contribution in [0.2, 0.25) is 0 Å². The minimum Gasteiger partial charge on any atom is -0.497 e. The summed E-state index contributed by atoms with van der Waals surface area (Å²) in [5.41, 5.74) is 1.46. The number of para-hydroxylation sites is 1. The lowest BCUT2D eigenvalue weighted by Crippen LogP contribution is -2.53. The van der Waals surface area contributed by atoms with E-state index in [4.69, 9.17) is 14.5 Å². The van der Waals surface area contributed by atoms with Crippen LogP contribution in [0.4, 0.5) is 5.69 Å². The first kappa shape index (κ1) is 27.5. The number of likely N-dealkylation sites (N-methyl/N-ethyl adjacent to an activating group) is 1. The molecule has 12 nitrogen and oxygen atoms in total. The fraction of sp³-hybridized carbons (Fsp3) is 0.310. The third-order valence-corrected chi connectivity index (χ3v) is 8.54. The number of carbonyl (C=O) groups excluding carboxylic acids is 1. The molecule has 1 aliphatic rings. The van der Waals surface area contributed by atoms with E-state index in [1.807, 2.05) is 36.3 Å². The number of benzene rings is 2. The molecule has 218 valence electrons. The van der Waals surface area contributed by atoms with Gasteiger partial charge in [0.05, 0.1) is 46.7 Å². The number of fused-ring (bicyclic) bond motifs is 2. The highest BCUT2D eigenvalue weighted by atomic mass is 32.1. The van der Waals surface area contributed by atoms with Crippen molar-refractivity contribution in [2.24, 2.45) is 0 Å². The number of aryl methyl sites for hydroxylation is 1. The van der Waals surface area contributed by atoms with Crippen molar-refractivity contribution in [3.63, 3.8) is 0 Å². The first-order chi connectivity index (χ1) is 20.3. The highest BCUT2D eigenvalue weighted by Gasteiger charge is 2.26. The Hall–Kier alpha value is -4.62. The summed E-state index contributed by atoms with van der Waals surface area (Å²) in [7, 11) is 5.09. The predicted octanol–water partition coefficient (Wildman–Crippen LogP) is 2.41. The minimum atomic E-state index is -0.411. The second-order valence-electron chi connectivity index (χ2n) is 10.2. The summed E-state index contributed by atoms with van der Waals surface area (Å²) >= 11 is 1.34. The van der Waals surface area contributed by atoms with Crippen LogP contribution in [0.15, 0.2) is 58.1 Å². The van der Waals surface area contributed by atoms with E-state index in [0.717, 1.165) is 23.3 Å². The largest absolute Gasteiger partial charge is 0.497 e. The van der Waals surface area contributed by atoms with Crippen LogP contribution in [-0.2, 0) is 11.3 Å². The highest BCUT2D eigenvalue weighted by molar-refractivity contribution is 7.20. The number of amides is 1. The van der Waals surface area contributed by atoms with Gasteiger partial charge in [-0.05, 0) is 38.2 Å². The minimum absolute atomic E-state index is 0.249. The number of methoxy groups -OCH3 is 2. The zero-order valence-electron chi connectivity index (χ0n) is 23.8. The molecule has 1 fully saturated rings. The maximum atomic E-state index is 14.2. The summed E-state index contributed by atoms with van der Waals surface area (Å²) < 4.78 is 16.1. The SMILES string of the molecule is COc1ccc(NC(=O)Cn2c3cc(=O)n(N4CCN(C)CC4)c(C)c3c(=O)n2-c2nc3ccccc3s2)c(OC)c1. The number of aromatic nitrogens is 4. The molecule has 0 radical (unpaired) electrons. The van der Waals surface area contributed by atoms with Gasteiger partial charge in [-0.15, -0.1) is 0 Å². The molecule has 1 N–H and O–H groups in total. The van der Waals surface area contributed by atoms with Crippen LogP contribution >= 0.6 is 11.3 Å². The number of rotatable bonds is 7. The molecule has 13 heteroatoms. The molecular weight excluding hydrogens is 558 g/mol. The molecule has 0 atom stereocenters. The maximum Gasteiger partial charge on any atom is 0.283 e. The lowest BCUT2D eigenvalue weighted by Gasteiger charge is -2.35. The average Bonchev–Trinajstić information content (AvgIpc) is 3.52. The number of thiazole rings is 1. The molecule has 1 aliphatic heterocycles. The van der Waals surface area contributed by atoms with Gasteiger partial charge in [0.25, 0.3) is 11.1 Å². The average molecular weight is 590 g/mol. The molecule has 0 bridgehead atoms. The van der Waals surface area contributed by atoms with Crippen LogP contribution in [0.25, 0.3) is 26.3 Å². The lowest BCUT2D eigenvalue weighted by atomic mass is 10.2. The van der Waals surface area contributed by atoms with Crippen LogP contribution in [0.3, 0.4) is 0 Å². The number of nitrogens with one attached hydrogen (secondary N) is 1. The summed E-state index contributed by atoms with van der Waals surface area (Å²) in [6.07, 6.45) is 0. The fourth-order valence-electron chi connectivity index (χ4n) is 5.37. The molecule has 3 aromatic heterocycles. The van der Waals surface area contributed by atoms with Gasteiger partial charge >= 0.3 is 0 Å². The van der Waals surface area contributed by atoms with E-state index in [-0.39, 0.29) is 17.7 Å². The molecule has 1 amide bonds. The molecule has 5 aromatic rings. The number of piperazine rings is 1. The highest BCUT2D eigenvalue weighted by Crippen LogP contribution is 2.30. The first-order valence-corrected chi connectivity index (χ1v) is 14.3. The van der Waals surface area contributed by atoms with Crippen molar-refractivity contribution < 1.29 is 14.3 Å². The molecule has 0 unspecified atom stereocenters. The quantitative estimate of drug-likeness (QED) is 0.308. The molecule has 0 spiro atoms. The molecule has 4 heterocycles. The summed E-state index contributed by atoms with van der Waals surface area (Å²) in [6.45, 7) is 4.44. The van der Waals surface area contributed by atoms with Crippen molar-refractivity contribution >= 4 is 44.1 Å². The van der Waals surface area contributed by atoms with Gasteiger partial charge in [-0.2, -0.15) is 4.68 Å². The Morgan fingerprint density at radius 3 is 2.50 bits per heavy atom. The fourth-order valence-corrected chi connectivity index (χ4v) is 6.34. The van der Waals surface area contributed by atoms with Gasteiger partial charge in [-0.1, -0.05) is 23.5 Å². The third kappa shape index (κ3) is 4.80. The third-order valence-electron chi connectivity index (χ3n) is 7.53. The Labute approximate surface area is 244 Å². The van der Waals surface area contributed by atoms with Gasteiger partial charge in [0.2, 0.25) is 11.0 Å². The van der Waals surface area contributed by atoms with Gasteiger partial charge in [-0.25, -0.2) is 9.66 Å². The predicted molar refractivity (Wildman–Crippen MR) is 163 cm³/mol. The number of pyridine rings is 1. The standard InChI is InChI=1S/C29H31N7O5S/c1-18-27-22(16-26(38)35(18)33-13-11-32(2)12-14-33)34(17-25(37)30-20-10-9-19(40-3)15-23(20)41-4)36(28(27)39)29-31-21-7-5-6-8-24(21)42-29/h5-10,15-16H,11-14,17H2,1-4H3,(H,30,37). The monoisotopic (exact) mass is 589 g/mol. The Kier molecular flexibility index (Phi) is 7.21. The molecular formula is C29H31N7O5S. The number of nitrogens with zero attached hydrogens (tertiary/aromatic N) is 6. The first-order valence-electron chi connectivity index (χ1n) is 13.5. The van der Waals surface area contributed by atoms with Crippen LogP contribution in [0, 0.1) is 6.92 Å². The van der Waals surface area contributed by atoms with Gasteiger partial charge in [0.15, 0.2) is 0 Å². The van der Waals surface area contributed by atoms with Crippen molar-refractivity contribution in [1.29, 1.82) is 0 Å². The van der Waals surface area contributed by atoms with Crippen molar-refractivity contribution in [2.75, 3.05) is 57.8 Å². The van der Waals surface area contributed by atoms with E-state index < -0.39 is 5.91 Å². The van der Waals surface area contributed by atoms with Gasteiger partial charge in [-0.3, -0.25) is 19.1 Å². The van der Waals surface area contributed by atoms with E-state index in [1.54, 1.807) is 36.9 Å². The normalized spacial score (nSPS) is 14.0. The van der Waals surface area contributed by atoms with Crippen molar-refractivity contribution in [3.8, 4) is 16.6 Å². The van der Waals surface area contributed by atoms with Crippen LogP contribution in [0.5, 0.6) is 11.5 Å². The number of carbonyl (C=O) groups is 1. The van der Waals surface area contributed by atoms with E-state index in [9.17, 15) is 14.4 Å². The Morgan fingerprint density at radius 1 is 1.02 bits per heavy atom. The van der Waals surface area contributed by atoms with Crippen LogP contribution < -0.4 is 30.9 Å². The molecule has 0 saturated carbocycles. The van der Waals surface area contributed by atoms with Gasteiger partial charge in [0, 0.05) is 38.3 Å². The van der Waals surface area contributed by atoms with Crippen molar-refractivity contribution in [3.05, 3.63) is 74.9 Å². The summed E-state index contributed by atoms with van der Waals surface area (Å²) in [6, 6.07) is 14.1. The molecule has 2 aromatic carbocycles. The Balaban J connectivity index is 1.49. The zero-order valence-corrected chi connectivity index (χ0v) is 24.6. The van der Waals surface area contributed by atoms with Crippen molar-refractivity contribution in [2.45, 2.75) is 13.5 Å². The topological polar surface area (TPSA) is 116 Å². The number of hydrogen-bond acceptors (Lipinski definition) is 9. The van der Waals surface area contributed by atoms with Gasteiger partial charge < -0.3 is 24.7 Å². The Bertz CT molecular complexity index is 1900. The lowest BCUT2D eigenvalue weighted by molar-refractivity contribution is -0.116. The molecule has 6 rings (SSSR count). The van der Waals surface area contributed by atoms with Gasteiger partial charge in [0.1, 0.15) is 18.0 Å². The summed E-state index contributed by atoms with van der Waals surface area (Å²) in [5, 5.41) is 5.61. The second-order valence-corrected chi connectivity index (χ2v) is 11.2. The van der Waals surface area contributed by atoms with Crippen LogP contribution in [0.1, 0.15) is 5.69 Å². The molecule has 42 heavy (non-hydrogen) atoms. The van der Waals surface area contributed by atoms with E-state index in [2.05, 4.69) is 10.2 Å². The molecule has 1 saturated heterocycles. The number of ether oxygens (including phenoxy) is 2. The van der Waals surface area contributed by atoms with Crippen molar-refractivity contribution in [1.82, 2.24) is 23.9 Å². The Morgan fingerprint density at radius 2 is 1.79 bits per heavy atom. The summed E-state index contributed by atoms with van der Waals surface area (Å²) in [5.74, 6) is 0.596. The number of anilines is 1. The van der Waals surface area contributed by atoms with E-state index in [0.29, 0.717) is 52.0 Å². The van der Waals surface area contributed by atoms with E-state index >= 15 is 0 Å². The second kappa shape index (κ2) is 11.0. The van der Waals surface area contributed by atoms with E-state index in [1.165, 1.54) is 33.9 Å². The zero-order chi connectivity index (χ0) is 29.5.